The van der Waals surface area contributed by atoms with Crippen molar-refractivity contribution in [2.45, 2.75) is 32.6 Å². The first-order valence-corrected chi connectivity index (χ1v) is 8.77. The van der Waals surface area contributed by atoms with Gasteiger partial charge in [0.2, 0.25) is 0 Å². The molecule has 4 nitrogen and oxygen atoms in total. The summed E-state index contributed by atoms with van der Waals surface area (Å²) < 4.78 is 12.3. The lowest BCUT2D eigenvalue weighted by Gasteiger charge is -2.19. The topological polar surface area (TPSA) is 50.7 Å². The van der Waals surface area contributed by atoms with Crippen molar-refractivity contribution in [2.75, 3.05) is 13.7 Å². The highest BCUT2D eigenvalue weighted by atomic mass is 79.9. The summed E-state index contributed by atoms with van der Waals surface area (Å²) in [5.74, 6) is 1.43. The number of ether oxygens (including phenoxy) is 2. The fraction of sp³-hybridized carbons (Fsp3) is 0.368. The Morgan fingerprint density at radius 1 is 1.17 bits per heavy atom. The first kappa shape index (κ1) is 18.8. The molecule has 0 aliphatic carbocycles. The van der Waals surface area contributed by atoms with E-state index in [1.807, 2.05) is 56.3 Å². The summed E-state index contributed by atoms with van der Waals surface area (Å²) in [6.07, 6.45) is -0.497. The maximum Gasteiger partial charge on any atom is 0.166 e. The van der Waals surface area contributed by atoms with Gasteiger partial charge in [-0.3, -0.25) is 0 Å². The molecule has 24 heavy (non-hydrogen) atoms. The van der Waals surface area contributed by atoms with Crippen LogP contribution in [0.25, 0.3) is 0 Å². The standard InChI is InChI=1S/C19H24BrNO3/c1-13(2)24-19-15(9-16(20)10-18(19)23-3)11-21-12-17(22)14-7-5-4-6-8-14/h4-10,13,17,21-22H,11-12H2,1-3H3/t17-/m0/s1. The first-order chi connectivity index (χ1) is 11.5. The molecule has 0 saturated carbocycles. The van der Waals surface area contributed by atoms with Crippen LogP contribution >= 0.6 is 15.9 Å². The van der Waals surface area contributed by atoms with E-state index < -0.39 is 6.10 Å². The van der Waals surface area contributed by atoms with Gasteiger partial charge in [0.15, 0.2) is 11.5 Å². The number of hydrogen-bond donors (Lipinski definition) is 2. The minimum Gasteiger partial charge on any atom is -0.493 e. The summed E-state index contributed by atoms with van der Waals surface area (Å²) in [6, 6.07) is 13.5. The summed E-state index contributed by atoms with van der Waals surface area (Å²) in [5.41, 5.74) is 1.88. The van der Waals surface area contributed by atoms with E-state index in [1.54, 1.807) is 7.11 Å². The molecular formula is C19H24BrNO3. The van der Waals surface area contributed by atoms with Crippen LogP contribution in [0.1, 0.15) is 31.1 Å². The quantitative estimate of drug-likeness (QED) is 0.709. The van der Waals surface area contributed by atoms with Gasteiger partial charge >= 0.3 is 0 Å². The molecule has 0 fully saturated rings. The van der Waals surface area contributed by atoms with Gasteiger partial charge in [-0.15, -0.1) is 0 Å². The Balaban J connectivity index is 2.07. The van der Waals surface area contributed by atoms with E-state index in [0.717, 1.165) is 21.3 Å². The molecule has 5 heteroatoms. The Morgan fingerprint density at radius 2 is 1.88 bits per heavy atom. The van der Waals surface area contributed by atoms with Crippen molar-refractivity contribution in [3.63, 3.8) is 0 Å². The molecule has 2 rings (SSSR count). The van der Waals surface area contributed by atoms with Crippen molar-refractivity contribution in [2.24, 2.45) is 0 Å². The Hall–Kier alpha value is -1.56. The molecule has 0 unspecified atom stereocenters. The number of benzene rings is 2. The molecule has 0 aliphatic rings. The second-order valence-electron chi connectivity index (χ2n) is 5.82. The molecule has 1 atom stereocenters. The van der Waals surface area contributed by atoms with Crippen LogP contribution in [0.4, 0.5) is 0 Å². The molecule has 2 aromatic rings. The monoisotopic (exact) mass is 393 g/mol. The van der Waals surface area contributed by atoms with Gasteiger partial charge in [0.25, 0.3) is 0 Å². The second-order valence-corrected chi connectivity index (χ2v) is 6.74. The molecule has 0 spiro atoms. The van der Waals surface area contributed by atoms with Crippen LogP contribution in [-0.4, -0.2) is 24.9 Å². The summed E-state index contributed by atoms with van der Waals surface area (Å²) in [7, 11) is 1.63. The first-order valence-electron chi connectivity index (χ1n) is 7.98. The Kier molecular flexibility index (Phi) is 7.09. The van der Waals surface area contributed by atoms with Crippen molar-refractivity contribution >= 4 is 15.9 Å². The van der Waals surface area contributed by atoms with E-state index in [9.17, 15) is 5.11 Å². The minimum absolute atomic E-state index is 0.0498. The van der Waals surface area contributed by atoms with Gasteiger partial charge in [-0.2, -0.15) is 0 Å². The Labute approximate surface area is 151 Å². The summed E-state index contributed by atoms with van der Waals surface area (Å²) >= 11 is 3.50. The fourth-order valence-electron chi connectivity index (χ4n) is 2.41. The zero-order valence-electron chi connectivity index (χ0n) is 14.3. The maximum absolute atomic E-state index is 10.2. The number of methoxy groups -OCH3 is 1. The molecule has 0 heterocycles. The van der Waals surface area contributed by atoms with Gasteiger partial charge in [-0.25, -0.2) is 0 Å². The molecule has 0 radical (unpaired) electrons. The number of aliphatic hydroxyl groups is 1. The third-order valence-corrected chi connectivity index (χ3v) is 3.97. The predicted octanol–water partition coefficient (Wildman–Crippen LogP) is 4.07. The second kappa shape index (κ2) is 9.06. The zero-order valence-corrected chi connectivity index (χ0v) is 15.8. The number of rotatable bonds is 8. The van der Waals surface area contributed by atoms with Crippen molar-refractivity contribution in [3.05, 3.63) is 58.1 Å². The van der Waals surface area contributed by atoms with Gasteiger partial charge in [0.05, 0.1) is 19.3 Å². The molecule has 0 aliphatic heterocycles. The summed E-state index contributed by atoms with van der Waals surface area (Å²) in [5, 5.41) is 13.5. The van der Waals surface area contributed by atoms with Crippen LogP contribution in [0.5, 0.6) is 11.5 Å². The van der Waals surface area contributed by atoms with E-state index in [0.29, 0.717) is 18.8 Å². The average Bonchev–Trinajstić information content (AvgIpc) is 2.57. The Bertz CT molecular complexity index is 647. The van der Waals surface area contributed by atoms with Crippen LogP contribution in [-0.2, 0) is 6.54 Å². The number of hydrogen-bond acceptors (Lipinski definition) is 4. The van der Waals surface area contributed by atoms with E-state index in [-0.39, 0.29) is 6.10 Å². The van der Waals surface area contributed by atoms with Crippen LogP contribution in [0, 0.1) is 0 Å². The van der Waals surface area contributed by atoms with Gasteiger partial charge in [-0.05, 0) is 31.5 Å². The number of halogens is 1. The van der Waals surface area contributed by atoms with E-state index in [4.69, 9.17) is 9.47 Å². The summed E-state index contributed by atoms with van der Waals surface area (Å²) in [6.45, 7) is 5.00. The molecule has 130 valence electrons. The highest BCUT2D eigenvalue weighted by molar-refractivity contribution is 9.10. The average molecular weight is 394 g/mol. The predicted molar refractivity (Wildman–Crippen MR) is 99.6 cm³/mol. The van der Waals surface area contributed by atoms with E-state index >= 15 is 0 Å². The molecule has 2 aromatic carbocycles. The number of aliphatic hydroxyl groups excluding tert-OH is 1. The lowest BCUT2D eigenvalue weighted by atomic mass is 10.1. The lowest BCUT2D eigenvalue weighted by Crippen LogP contribution is -2.22. The molecule has 0 saturated heterocycles. The molecule has 0 amide bonds. The number of nitrogens with one attached hydrogen (secondary N) is 1. The highest BCUT2D eigenvalue weighted by Gasteiger charge is 2.15. The SMILES string of the molecule is COc1cc(Br)cc(CNC[C@H](O)c2ccccc2)c1OC(C)C. The van der Waals surface area contributed by atoms with Crippen molar-refractivity contribution < 1.29 is 14.6 Å². The van der Waals surface area contributed by atoms with Crippen molar-refractivity contribution in [1.82, 2.24) is 5.32 Å². The molecule has 0 aromatic heterocycles. The molecular weight excluding hydrogens is 370 g/mol. The van der Waals surface area contributed by atoms with Gasteiger partial charge in [0, 0.05) is 23.1 Å². The molecule has 2 N–H and O–H groups in total. The third-order valence-electron chi connectivity index (χ3n) is 3.51. The van der Waals surface area contributed by atoms with Gasteiger partial charge in [-0.1, -0.05) is 46.3 Å². The van der Waals surface area contributed by atoms with Crippen LogP contribution in [0.15, 0.2) is 46.9 Å². The summed E-state index contributed by atoms with van der Waals surface area (Å²) in [4.78, 5) is 0. The lowest BCUT2D eigenvalue weighted by molar-refractivity contribution is 0.173. The largest absolute Gasteiger partial charge is 0.493 e. The molecule has 0 bridgehead atoms. The van der Waals surface area contributed by atoms with Crippen molar-refractivity contribution in [1.29, 1.82) is 0 Å². The van der Waals surface area contributed by atoms with Crippen LogP contribution in [0.2, 0.25) is 0 Å². The van der Waals surface area contributed by atoms with Gasteiger partial charge < -0.3 is 19.9 Å². The van der Waals surface area contributed by atoms with Crippen LogP contribution < -0.4 is 14.8 Å². The maximum atomic E-state index is 10.2. The normalized spacial score (nSPS) is 12.2. The van der Waals surface area contributed by atoms with E-state index in [2.05, 4.69) is 21.2 Å². The fourth-order valence-corrected chi connectivity index (χ4v) is 2.90. The van der Waals surface area contributed by atoms with Crippen LogP contribution in [0.3, 0.4) is 0 Å². The minimum atomic E-state index is -0.547. The highest BCUT2D eigenvalue weighted by Crippen LogP contribution is 2.35. The van der Waals surface area contributed by atoms with Gasteiger partial charge in [0.1, 0.15) is 0 Å². The zero-order chi connectivity index (χ0) is 17.5. The third kappa shape index (κ3) is 5.23. The smallest absolute Gasteiger partial charge is 0.166 e. The van der Waals surface area contributed by atoms with E-state index in [1.165, 1.54) is 0 Å². The van der Waals surface area contributed by atoms with Crippen molar-refractivity contribution in [3.8, 4) is 11.5 Å². The Morgan fingerprint density at radius 3 is 2.50 bits per heavy atom.